The molecule has 1 saturated carbocycles. The van der Waals surface area contributed by atoms with Gasteiger partial charge in [-0.25, -0.2) is 4.79 Å². The fourth-order valence-electron chi connectivity index (χ4n) is 4.39. The Bertz CT molecular complexity index is 662. The number of carbonyl (C=O) groups excluding carboxylic acids is 1. The van der Waals surface area contributed by atoms with Gasteiger partial charge in [-0.05, 0) is 59.0 Å². The van der Waals surface area contributed by atoms with E-state index in [0.29, 0.717) is 31.1 Å². The van der Waals surface area contributed by atoms with Gasteiger partial charge in [0, 0.05) is 37.3 Å². The number of ether oxygens (including phenoxy) is 1. The first-order valence-corrected chi connectivity index (χ1v) is 9.49. The van der Waals surface area contributed by atoms with E-state index in [4.69, 9.17) is 4.74 Å². The lowest BCUT2D eigenvalue weighted by molar-refractivity contribution is -0.109. The van der Waals surface area contributed by atoms with Crippen molar-refractivity contribution in [3.63, 3.8) is 0 Å². The molecule has 2 heterocycles. The molecule has 2 fully saturated rings. The van der Waals surface area contributed by atoms with Crippen LogP contribution in [0.2, 0.25) is 0 Å². The molecule has 152 valence electrons. The maximum atomic E-state index is 13.2. The van der Waals surface area contributed by atoms with Crippen molar-refractivity contribution < 1.29 is 22.7 Å². The van der Waals surface area contributed by atoms with Crippen molar-refractivity contribution in [1.29, 1.82) is 0 Å². The van der Waals surface area contributed by atoms with E-state index in [1.54, 1.807) is 15.9 Å². The molecule has 1 saturated heterocycles. The summed E-state index contributed by atoms with van der Waals surface area (Å²) in [6, 6.07) is 0.0490. The zero-order valence-electron chi connectivity index (χ0n) is 16.7. The Hall–Kier alpha value is -1.66. The van der Waals surface area contributed by atoms with Gasteiger partial charge in [-0.3, -0.25) is 0 Å². The molecular formula is C20H29F3N2O2. The van der Waals surface area contributed by atoms with Crippen LogP contribution in [0.15, 0.2) is 23.4 Å². The number of nitrogens with zero attached hydrogens (tertiary/aromatic N) is 2. The van der Waals surface area contributed by atoms with Crippen molar-refractivity contribution in [2.45, 2.75) is 65.3 Å². The second-order valence-electron chi connectivity index (χ2n) is 9.37. The predicted octanol–water partition coefficient (Wildman–Crippen LogP) is 4.73. The highest BCUT2D eigenvalue weighted by Crippen LogP contribution is 2.54. The van der Waals surface area contributed by atoms with Crippen LogP contribution < -0.4 is 0 Å². The Labute approximate surface area is 159 Å². The minimum absolute atomic E-state index is 0.0490. The maximum absolute atomic E-state index is 13.2. The molecule has 3 aliphatic rings. The Morgan fingerprint density at radius 3 is 2.37 bits per heavy atom. The van der Waals surface area contributed by atoms with E-state index in [1.807, 2.05) is 27.7 Å². The van der Waals surface area contributed by atoms with Crippen molar-refractivity contribution >= 4 is 6.09 Å². The average molecular weight is 386 g/mol. The van der Waals surface area contributed by atoms with Gasteiger partial charge in [0.25, 0.3) is 0 Å². The number of alkyl halides is 3. The highest BCUT2D eigenvalue weighted by Gasteiger charge is 2.56. The second kappa shape index (κ2) is 6.45. The zero-order chi connectivity index (χ0) is 20.2. The zero-order valence-corrected chi connectivity index (χ0v) is 16.7. The monoisotopic (exact) mass is 386 g/mol. The van der Waals surface area contributed by atoms with Crippen LogP contribution in [0.5, 0.6) is 0 Å². The van der Waals surface area contributed by atoms with Crippen LogP contribution in [0.3, 0.4) is 0 Å². The van der Waals surface area contributed by atoms with Crippen molar-refractivity contribution in [2.24, 2.45) is 11.3 Å². The highest BCUT2D eigenvalue weighted by atomic mass is 19.4. The first-order valence-electron chi connectivity index (χ1n) is 9.49. The van der Waals surface area contributed by atoms with Gasteiger partial charge in [-0.2, -0.15) is 13.2 Å². The number of likely N-dealkylation sites (tertiary alicyclic amines) is 1. The summed E-state index contributed by atoms with van der Waals surface area (Å²) < 4.78 is 44.9. The Morgan fingerprint density at radius 1 is 1.26 bits per heavy atom. The standard InChI is InChI=1S/C20H29F3N2O2/c1-13-6-7-24(10-16(13)20(21,22)23)14(2)15-8-19(9-15)11-25(12-19)17(26)27-18(3,4)5/h6,10,14-15H,7-9,11-12H2,1-5H3. The number of carbonyl (C=O) groups is 1. The second-order valence-corrected chi connectivity index (χ2v) is 9.37. The molecule has 0 N–H and O–H groups in total. The van der Waals surface area contributed by atoms with E-state index in [-0.39, 0.29) is 17.6 Å². The van der Waals surface area contributed by atoms with Crippen LogP contribution >= 0.6 is 0 Å². The molecule has 2 aliphatic heterocycles. The largest absolute Gasteiger partial charge is 0.444 e. The predicted molar refractivity (Wildman–Crippen MR) is 97.0 cm³/mol. The molecule has 0 radical (unpaired) electrons. The molecule has 1 amide bonds. The van der Waals surface area contributed by atoms with Crippen molar-refractivity contribution in [1.82, 2.24) is 9.80 Å². The normalized spacial score (nSPS) is 24.0. The Morgan fingerprint density at radius 2 is 1.85 bits per heavy atom. The van der Waals surface area contributed by atoms with Crippen LogP contribution in [-0.2, 0) is 4.74 Å². The van der Waals surface area contributed by atoms with Crippen molar-refractivity contribution in [2.75, 3.05) is 19.6 Å². The average Bonchev–Trinajstić information content (AvgIpc) is 2.41. The van der Waals surface area contributed by atoms with E-state index in [9.17, 15) is 18.0 Å². The van der Waals surface area contributed by atoms with Gasteiger partial charge in [0.15, 0.2) is 0 Å². The molecule has 1 unspecified atom stereocenters. The van der Waals surface area contributed by atoms with Crippen molar-refractivity contribution in [3.8, 4) is 0 Å². The summed E-state index contributed by atoms with van der Waals surface area (Å²) in [4.78, 5) is 15.6. The number of allylic oxidation sites excluding steroid dienone is 2. The third-order valence-corrected chi connectivity index (χ3v) is 5.93. The number of rotatable bonds is 2. The third kappa shape index (κ3) is 4.11. The van der Waals surface area contributed by atoms with E-state index < -0.39 is 17.4 Å². The van der Waals surface area contributed by atoms with Crippen LogP contribution in [0.25, 0.3) is 0 Å². The molecule has 0 aromatic rings. The molecule has 7 heteroatoms. The fourth-order valence-corrected chi connectivity index (χ4v) is 4.39. The van der Waals surface area contributed by atoms with Gasteiger partial charge in [0.05, 0.1) is 5.57 Å². The molecule has 27 heavy (non-hydrogen) atoms. The lowest BCUT2D eigenvalue weighted by Gasteiger charge is -2.60. The van der Waals surface area contributed by atoms with Gasteiger partial charge >= 0.3 is 12.3 Å². The quantitative estimate of drug-likeness (QED) is 0.688. The molecule has 3 rings (SSSR count). The van der Waals surface area contributed by atoms with Crippen LogP contribution in [0.1, 0.15) is 47.5 Å². The van der Waals surface area contributed by atoms with Crippen LogP contribution in [0.4, 0.5) is 18.0 Å². The SMILES string of the molecule is CC1=CCN(C(C)C2CC3(C2)CN(C(=O)OC(C)(C)C)C3)C=C1C(F)(F)F. The summed E-state index contributed by atoms with van der Waals surface area (Å²) >= 11 is 0. The van der Waals surface area contributed by atoms with Gasteiger partial charge in [0.1, 0.15) is 5.60 Å². The summed E-state index contributed by atoms with van der Waals surface area (Å²) in [5.74, 6) is 0.350. The van der Waals surface area contributed by atoms with Crippen LogP contribution in [-0.4, -0.2) is 53.3 Å². The lowest BCUT2D eigenvalue weighted by Crippen LogP contribution is -2.66. The third-order valence-electron chi connectivity index (χ3n) is 5.93. The summed E-state index contributed by atoms with van der Waals surface area (Å²) in [5.41, 5.74) is -0.621. The van der Waals surface area contributed by atoms with Crippen LogP contribution in [0, 0.1) is 11.3 Å². The van der Waals surface area contributed by atoms with Gasteiger partial charge in [-0.15, -0.1) is 0 Å². The molecule has 4 nitrogen and oxygen atoms in total. The number of hydrogen-bond donors (Lipinski definition) is 0. The molecule has 0 aromatic heterocycles. The summed E-state index contributed by atoms with van der Waals surface area (Å²) in [6.45, 7) is 10.9. The van der Waals surface area contributed by atoms with Crippen molar-refractivity contribution in [3.05, 3.63) is 23.4 Å². The lowest BCUT2D eigenvalue weighted by atomic mass is 9.56. The van der Waals surface area contributed by atoms with E-state index >= 15 is 0 Å². The Kier molecular flexibility index (Phi) is 4.80. The minimum atomic E-state index is -4.32. The minimum Gasteiger partial charge on any atom is -0.444 e. The van der Waals surface area contributed by atoms with Gasteiger partial charge in [0.2, 0.25) is 0 Å². The maximum Gasteiger partial charge on any atom is 0.418 e. The molecule has 0 bridgehead atoms. The summed E-state index contributed by atoms with van der Waals surface area (Å²) in [7, 11) is 0. The first kappa shape index (κ1) is 20.1. The van der Waals surface area contributed by atoms with E-state index in [2.05, 4.69) is 0 Å². The smallest absolute Gasteiger partial charge is 0.418 e. The molecular weight excluding hydrogens is 357 g/mol. The topological polar surface area (TPSA) is 32.8 Å². The summed E-state index contributed by atoms with van der Waals surface area (Å²) in [5, 5.41) is 0. The fraction of sp³-hybridized carbons (Fsp3) is 0.750. The van der Waals surface area contributed by atoms with E-state index in [1.165, 1.54) is 13.1 Å². The van der Waals surface area contributed by atoms with Gasteiger partial charge < -0.3 is 14.5 Å². The molecule has 1 spiro atoms. The molecule has 0 aromatic carbocycles. The first-order chi connectivity index (χ1) is 12.3. The molecule has 1 aliphatic carbocycles. The van der Waals surface area contributed by atoms with E-state index in [0.717, 1.165) is 12.8 Å². The van der Waals surface area contributed by atoms with Gasteiger partial charge in [-0.1, -0.05) is 6.08 Å². The Balaban J connectivity index is 1.52. The number of amides is 1. The summed E-state index contributed by atoms with van der Waals surface area (Å²) in [6.07, 6.45) is 0.227. The highest BCUT2D eigenvalue weighted by molar-refractivity contribution is 5.69. The number of halogens is 3. The number of hydrogen-bond acceptors (Lipinski definition) is 3. The molecule has 1 atom stereocenters.